The third-order valence-electron chi connectivity index (χ3n) is 4.62. The van der Waals surface area contributed by atoms with Gasteiger partial charge < -0.3 is 14.2 Å². The molecule has 0 saturated carbocycles. The van der Waals surface area contributed by atoms with Crippen molar-refractivity contribution in [1.29, 1.82) is 0 Å². The number of benzene rings is 3. The quantitative estimate of drug-likeness (QED) is 0.350. The molecule has 0 aliphatic rings. The van der Waals surface area contributed by atoms with E-state index in [1.807, 2.05) is 30.3 Å². The Bertz CT molecular complexity index is 1250. The molecule has 0 aromatic heterocycles. The molecule has 10 heteroatoms. The number of amides is 1. The molecular formula is C24H25N3O6S. The maximum absolute atomic E-state index is 12.4. The number of rotatable bonds is 10. The molecule has 1 N–H and O–H groups in total. The maximum Gasteiger partial charge on any atom is 0.260 e. The van der Waals surface area contributed by atoms with Crippen molar-refractivity contribution in [2.75, 3.05) is 31.3 Å². The molecule has 3 rings (SSSR count). The number of hydrogen-bond donors (Lipinski definition) is 1. The monoisotopic (exact) mass is 483 g/mol. The van der Waals surface area contributed by atoms with E-state index in [4.69, 9.17) is 14.2 Å². The molecule has 0 aliphatic heterocycles. The highest BCUT2D eigenvalue weighted by molar-refractivity contribution is 7.92. The van der Waals surface area contributed by atoms with Crippen molar-refractivity contribution in [3.8, 4) is 23.0 Å². The van der Waals surface area contributed by atoms with Gasteiger partial charge in [0, 0.05) is 5.56 Å². The van der Waals surface area contributed by atoms with E-state index in [0.29, 0.717) is 34.2 Å². The molecule has 9 nitrogen and oxygen atoms in total. The average Bonchev–Trinajstić information content (AvgIpc) is 2.83. The van der Waals surface area contributed by atoms with Crippen LogP contribution in [0.15, 0.2) is 77.9 Å². The summed E-state index contributed by atoms with van der Waals surface area (Å²) in [6.07, 6.45) is 2.42. The summed E-state index contributed by atoms with van der Waals surface area (Å²) in [4.78, 5) is 12.4. The van der Waals surface area contributed by atoms with Gasteiger partial charge in [0.2, 0.25) is 10.0 Å². The summed E-state index contributed by atoms with van der Waals surface area (Å²) < 4.78 is 41.8. The van der Waals surface area contributed by atoms with Crippen LogP contribution in [0.1, 0.15) is 5.56 Å². The maximum atomic E-state index is 12.4. The Morgan fingerprint density at radius 3 is 2.21 bits per heavy atom. The van der Waals surface area contributed by atoms with Crippen molar-refractivity contribution in [3.05, 3.63) is 78.4 Å². The van der Waals surface area contributed by atoms with Crippen LogP contribution in [0.2, 0.25) is 0 Å². The van der Waals surface area contributed by atoms with Crippen LogP contribution in [-0.2, 0) is 14.8 Å². The van der Waals surface area contributed by atoms with Gasteiger partial charge in [-0.2, -0.15) is 5.10 Å². The minimum Gasteiger partial charge on any atom is -0.497 e. The van der Waals surface area contributed by atoms with Gasteiger partial charge in [-0.05, 0) is 54.6 Å². The van der Waals surface area contributed by atoms with Crippen LogP contribution >= 0.6 is 0 Å². The summed E-state index contributed by atoms with van der Waals surface area (Å²) in [7, 11) is -0.694. The molecule has 0 heterocycles. The molecule has 0 saturated heterocycles. The van der Waals surface area contributed by atoms with Crippen molar-refractivity contribution in [1.82, 2.24) is 5.43 Å². The zero-order valence-corrected chi connectivity index (χ0v) is 19.8. The molecular weight excluding hydrogens is 458 g/mol. The van der Waals surface area contributed by atoms with Crippen molar-refractivity contribution in [3.63, 3.8) is 0 Å². The lowest BCUT2D eigenvalue weighted by Crippen LogP contribution is -2.39. The molecule has 3 aromatic rings. The molecule has 0 atom stereocenters. The highest BCUT2D eigenvalue weighted by atomic mass is 32.2. The number of para-hydroxylation sites is 1. The van der Waals surface area contributed by atoms with Gasteiger partial charge in [-0.15, -0.1) is 0 Å². The van der Waals surface area contributed by atoms with Gasteiger partial charge in [-0.25, -0.2) is 13.8 Å². The highest BCUT2D eigenvalue weighted by Gasteiger charge is 2.21. The predicted molar refractivity (Wildman–Crippen MR) is 130 cm³/mol. The third kappa shape index (κ3) is 6.72. The lowest BCUT2D eigenvalue weighted by molar-refractivity contribution is -0.119. The number of hydrazone groups is 1. The first kappa shape index (κ1) is 24.6. The van der Waals surface area contributed by atoms with E-state index in [1.165, 1.54) is 20.4 Å². The highest BCUT2D eigenvalue weighted by Crippen LogP contribution is 2.25. The Morgan fingerprint density at radius 1 is 0.941 bits per heavy atom. The van der Waals surface area contributed by atoms with Crippen LogP contribution in [-0.4, -0.2) is 47.6 Å². The zero-order chi connectivity index (χ0) is 24.6. The Hall–Kier alpha value is -4.05. The summed E-state index contributed by atoms with van der Waals surface area (Å²) >= 11 is 0. The van der Waals surface area contributed by atoms with Crippen LogP contribution in [0.25, 0.3) is 0 Å². The number of nitrogens with zero attached hydrogens (tertiary/aromatic N) is 2. The second-order valence-electron chi connectivity index (χ2n) is 7.08. The van der Waals surface area contributed by atoms with Gasteiger partial charge in [-0.1, -0.05) is 18.2 Å². The van der Waals surface area contributed by atoms with E-state index in [-0.39, 0.29) is 0 Å². The molecule has 0 radical (unpaired) electrons. The fraction of sp³-hybridized carbons (Fsp3) is 0.167. The first-order valence-corrected chi connectivity index (χ1v) is 12.0. The van der Waals surface area contributed by atoms with Crippen molar-refractivity contribution in [2.24, 2.45) is 5.10 Å². The normalized spacial score (nSPS) is 11.1. The lowest BCUT2D eigenvalue weighted by atomic mass is 10.2. The van der Waals surface area contributed by atoms with Crippen LogP contribution in [0, 0.1) is 0 Å². The Kier molecular flexibility index (Phi) is 8.10. The standard InChI is InChI=1S/C24H25N3O6S/c1-31-22-13-14-23(32-2)18(15-22)16-25-26-24(28)17-27(34(3,29)30)19-9-11-21(12-10-19)33-20-7-5-4-6-8-20/h4-16H,17H2,1-3H3,(H,26,28). The number of sulfonamides is 1. The predicted octanol–water partition coefficient (Wildman–Crippen LogP) is 3.41. The summed E-state index contributed by atoms with van der Waals surface area (Å²) in [6, 6.07) is 20.7. The summed E-state index contributed by atoms with van der Waals surface area (Å²) in [5.74, 6) is 1.70. The van der Waals surface area contributed by atoms with E-state index in [2.05, 4.69) is 10.5 Å². The third-order valence-corrected chi connectivity index (χ3v) is 5.76. The topological polar surface area (TPSA) is 107 Å². The molecule has 0 spiro atoms. The molecule has 178 valence electrons. The van der Waals surface area contributed by atoms with Gasteiger partial charge in [0.1, 0.15) is 29.5 Å². The van der Waals surface area contributed by atoms with Crippen molar-refractivity contribution in [2.45, 2.75) is 0 Å². The average molecular weight is 484 g/mol. The van der Waals surface area contributed by atoms with E-state index in [0.717, 1.165) is 10.6 Å². The Balaban J connectivity index is 1.68. The van der Waals surface area contributed by atoms with Crippen LogP contribution in [0.4, 0.5) is 5.69 Å². The van der Waals surface area contributed by atoms with Crippen LogP contribution in [0.3, 0.4) is 0 Å². The molecule has 34 heavy (non-hydrogen) atoms. The number of carbonyl (C=O) groups excluding carboxylic acids is 1. The number of ether oxygens (including phenoxy) is 3. The number of nitrogens with one attached hydrogen (secondary N) is 1. The van der Waals surface area contributed by atoms with E-state index in [9.17, 15) is 13.2 Å². The van der Waals surface area contributed by atoms with Gasteiger partial charge in [0.25, 0.3) is 5.91 Å². The first-order chi connectivity index (χ1) is 16.3. The summed E-state index contributed by atoms with van der Waals surface area (Å²) in [6.45, 7) is -0.454. The molecule has 1 amide bonds. The second-order valence-corrected chi connectivity index (χ2v) is 8.99. The largest absolute Gasteiger partial charge is 0.497 e. The molecule has 0 unspecified atom stereocenters. The summed E-state index contributed by atoms with van der Waals surface area (Å²) in [5.41, 5.74) is 3.24. The molecule has 0 fully saturated rings. The number of carbonyl (C=O) groups is 1. The SMILES string of the molecule is COc1ccc(OC)c(C=NNC(=O)CN(c2ccc(Oc3ccccc3)cc2)S(C)(=O)=O)c1. The first-order valence-electron chi connectivity index (χ1n) is 10.1. The van der Waals surface area contributed by atoms with Gasteiger partial charge in [-0.3, -0.25) is 9.10 Å². The minimum atomic E-state index is -3.74. The van der Waals surface area contributed by atoms with Crippen molar-refractivity contribution < 1.29 is 27.4 Å². The van der Waals surface area contributed by atoms with Gasteiger partial charge >= 0.3 is 0 Å². The van der Waals surface area contributed by atoms with Crippen LogP contribution in [0.5, 0.6) is 23.0 Å². The lowest BCUT2D eigenvalue weighted by Gasteiger charge is -2.21. The fourth-order valence-electron chi connectivity index (χ4n) is 2.98. The Labute approximate surface area is 198 Å². The second kappa shape index (κ2) is 11.2. The number of methoxy groups -OCH3 is 2. The Morgan fingerprint density at radius 2 is 1.59 bits per heavy atom. The number of anilines is 1. The molecule has 0 bridgehead atoms. The van der Waals surface area contributed by atoms with Crippen LogP contribution < -0.4 is 23.9 Å². The minimum absolute atomic E-state index is 0.316. The fourth-order valence-corrected chi connectivity index (χ4v) is 3.84. The molecule has 3 aromatic carbocycles. The van der Waals surface area contributed by atoms with E-state index < -0.39 is 22.5 Å². The van der Waals surface area contributed by atoms with Gasteiger partial charge in [0.15, 0.2) is 0 Å². The number of hydrogen-bond acceptors (Lipinski definition) is 7. The smallest absolute Gasteiger partial charge is 0.260 e. The van der Waals surface area contributed by atoms with E-state index in [1.54, 1.807) is 42.5 Å². The zero-order valence-electron chi connectivity index (χ0n) is 19.0. The van der Waals surface area contributed by atoms with Crippen molar-refractivity contribution >= 4 is 27.8 Å². The van der Waals surface area contributed by atoms with E-state index >= 15 is 0 Å². The summed E-state index contributed by atoms with van der Waals surface area (Å²) in [5, 5.41) is 3.91. The van der Waals surface area contributed by atoms with Gasteiger partial charge in [0.05, 0.1) is 32.4 Å². The molecule has 0 aliphatic carbocycles.